The Morgan fingerprint density at radius 1 is 1.33 bits per heavy atom. The van der Waals surface area contributed by atoms with Crippen LogP contribution in [-0.2, 0) is 6.54 Å². The van der Waals surface area contributed by atoms with Crippen molar-refractivity contribution >= 4 is 11.4 Å². The number of benzene rings is 1. The van der Waals surface area contributed by atoms with Crippen LogP contribution in [0.3, 0.4) is 0 Å². The van der Waals surface area contributed by atoms with Crippen molar-refractivity contribution in [3.8, 4) is 0 Å². The minimum absolute atomic E-state index is 0.154. The molecular weight excluding hydrogens is 266 g/mol. The highest BCUT2D eigenvalue weighted by atomic mass is 16.6. The summed E-state index contributed by atoms with van der Waals surface area (Å²) in [4.78, 5) is 13.1. The van der Waals surface area contributed by atoms with Gasteiger partial charge in [-0.15, -0.1) is 0 Å². The van der Waals surface area contributed by atoms with Crippen LogP contribution in [0.2, 0.25) is 0 Å². The minimum Gasteiger partial charge on any atom is -0.382 e. The summed E-state index contributed by atoms with van der Waals surface area (Å²) < 4.78 is 0. The largest absolute Gasteiger partial charge is 0.382 e. The molecule has 5 heteroatoms. The Labute approximate surface area is 126 Å². The highest BCUT2D eigenvalue weighted by molar-refractivity contribution is 5.66. The van der Waals surface area contributed by atoms with E-state index in [2.05, 4.69) is 17.3 Å². The third-order valence-corrected chi connectivity index (χ3v) is 4.31. The zero-order valence-electron chi connectivity index (χ0n) is 13.0. The van der Waals surface area contributed by atoms with Crippen LogP contribution in [-0.4, -0.2) is 30.5 Å². The summed E-state index contributed by atoms with van der Waals surface area (Å²) in [6, 6.07) is 5.29. The average molecular weight is 291 g/mol. The Kier molecular flexibility index (Phi) is 5.56. The van der Waals surface area contributed by atoms with Crippen molar-refractivity contribution < 1.29 is 4.92 Å². The van der Waals surface area contributed by atoms with Crippen molar-refractivity contribution in [3.05, 3.63) is 33.9 Å². The Hall–Kier alpha value is -1.62. The summed E-state index contributed by atoms with van der Waals surface area (Å²) in [6.45, 7) is 1.82. The molecule has 1 N–H and O–H groups in total. The van der Waals surface area contributed by atoms with Gasteiger partial charge in [0.1, 0.15) is 5.69 Å². The molecule has 1 saturated carbocycles. The zero-order valence-corrected chi connectivity index (χ0v) is 13.0. The molecule has 0 aliphatic heterocycles. The SMILES string of the molecule is CNc1c(CN(C)CC2CCCCC2)cccc1[N+](=O)[O-]. The molecule has 116 valence electrons. The first-order valence-corrected chi connectivity index (χ1v) is 7.74. The molecule has 5 nitrogen and oxygen atoms in total. The predicted octanol–water partition coefficient (Wildman–Crippen LogP) is 3.65. The third-order valence-electron chi connectivity index (χ3n) is 4.31. The maximum Gasteiger partial charge on any atom is 0.292 e. The Morgan fingerprint density at radius 2 is 2.05 bits per heavy atom. The molecule has 0 spiro atoms. The Balaban J connectivity index is 2.04. The van der Waals surface area contributed by atoms with E-state index in [9.17, 15) is 10.1 Å². The fraction of sp³-hybridized carbons (Fsp3) is 0.625. The van der Waals surface area contributed by atoms with Crippen LogP contribution in [0.25, 0.3) is 0 Å². The molecular formula is C16H25N3O2. The fourth-order valence-electron chi connectivity index (χ4n) is 3.32. The van der Waals surface area contributed by atoms with E-state index in [0.717, 1.165) is 24.6 Å². The molecule has 1 aromatic rings. The molecule has 0 unspecified atom stereocenters. The monoisotopic (exact) mass is 291 g/mol. The van der Waals surface area contributed by atoms with Crippen molar-refractivity contribution in [2.75, 3.05) is 26.0 Å². The number of nitro groups is 1. The first kappa shape index (κ1) is 15.8. The molecule has 1 aliphatic rings. The van der Waals surface area contributed by atoms with Gasteiger partial charge in [0.2, 0.25) is 0 Å². The Bertz CT molecular complexity index is 484. The molecule has 2 rings (SSSR count). The molecule has 0 heterocycles. The summed E-state index contributed by atoms with van der Waals surface area (Å²) >= 11 is 0. The summed E-state index contributed by atoms with van der Waals surface area (Å²) in [5.41, 5.74) is 1.78. The highest BCUT2D eigenvalue weighted by Gasteiger charge is 2.19. The van der Waals surface area contributed by atoms with Crippen LogP contribution in [0.15, 0.2) is 18.2 Å². The molecule has 0 bridgehead atoms. The topological polar surface area (TPSA) is 58.4 Å². The van der Waals surface area contributed by atoms with Crippen LogP contribution >= 0.6 is 0 Å². The lowest BCUT2D eigenvalue weighted by Crippen LogP contribution is -2.27. The van der Waals surface area contributed by atoms with E-state index in [1.807, 2.05) is 6.07 Å². The zero-order chi connectivity index (χ0) is 15.2. The summed E-state index contributed by atoms with van der Waals surface area (Å²) in [6.07, 6.45) is 6.69. The number of rotatable bonds is 6. The number of nitrogens with zero attached hydrogens (tertiary/aromatic N) is 2. The molecule has 1 aliphatic carbocycles. The number of hydrogen-bond donors (Lipinski definition) is 1. The van der Waals surface area contributed by atoms with Gasteiger partial charge in [-0.25, -0.2) is 0 Å². The van der Waals surface area contributed by atoms with Gasteiger partial charge in [-0.3, -0.25) is 10.1 Å². The van der Waals surface area contributed by atoms with E-state index in [-0.39, 0.29) is 10.6 Å². The molecule has 0 saturated heterocycles. The second kappa shape index (κ2) is 7.41. The highest BCUT2D eigenvalue weighted by Crippen LogP contribution is 2.29. The molecule has 21 heavy (non-hydrogen) atoms. The van der Waals surface area contributed by atoms with Crippen molar-refractivity contribution in [2.24, 2.45) is 5.92 Å². The van der Waals surface area contributed by atoms with Gasteiger partial charge in [-0.1, -0.05) is 31.4 Å². The smallest absolute Gasteiger partial charge is 0.292 e. The average Bonchev–Trinajstić information content (AvgIpc) is 2.47. The number of nitro benzene ring substituents is 1. The maximum atomic E-state index is 11.1. The van der Waals surface area contributed by atoms with E-state index >= 15 is 0 Å². The van der Waals surface area contributed by atoms with Gasteiger partial charge in [-0.2, -0.15) is 0 Å². The van der Waals surface area contributed by atoms with Gasteiger partial charge in [0.15, 0.2) is 0 Å². The third kappa shape index (κ3) is 4.17. The molecule has 0 aromatic heterocycles. The van der Waals surface area contributed by atoms with Crippen molar-refractivity contribution in [2.45, 2.75) is 38.6 Å². The minimum atomic E-state index is -0.323. The lowest BCUT2D eigenvalue weighted by atomic mass is 9.89. The number of nitrogens with one attached hydrogen (secondary N) is 1. The lowest BCUT2D eigenvalue weighted by molar-refractivity contribution is -0.384. The van der Waals surface area contributed by atoms with Crippen molar-refractivity contribution in [1.82, 2.24) is 4.90 Å². The number of hydrogen-bond acceptors (Lipinski definition) is 4. The summed E-state index contributed by atoms with van der Waals surface area (Å²) in [7, 11) is 3.85. The molecule has 1 aromatic carbocycles. The first-order valence-electron chi connectivity index (χ1n) is 7.74. The van der Waals surface area contributed by atoms with Gasteiger partial charge < -0.3 is 10.2 Å². The van der Waals surface area contributed by atoms with E-state index in [0.29, 0.717) is 5.69 Å². The predicted molar refractivity (Wildman–Crippen MR) is 85.6 cm³/mol. The Morgan fingerprint density at radius 3 is 2.67 bits per heavy atom. The van der Waals surface area contributed by atoms with Crippen molar-refractivity contribution in [1.29, 1.82) is 0 Å². The number of para-hydroxylation sites is 1. The van der Waals surface area contributed by atoms with Gasteiger partial charge in [0, 0.05) is 26.2 Å². The molecule has 0 atom stereocenters. The second-order valence-electron chi connectivity index (χ2n) is 6.02. The lowest BCUT2D eigenvalue weighted by Gasteiger charge is -2.27. The van der Waals surface area contributed by atoms with Crippen LogP contribution in [0.5, 0.6) is 0 Å². The summed E-state index contributed by atoms with van der Waals surface area (Å²) in [5, 5.41) is 14.1. The van der Waals surface area contributed by atoms with Crippen molar-refractivity contribution in [3.63, 3.8) is 0 Å². The normalized spacial score (nSPS) is 16.1. The van der Waals surface area contributed by atoms with Crippen LogP contribution in [0, 0.1) is 16.0 Å². The fourth-order valence-corrected chi connectivity index (χ4v) is 3.32. The van der Waals surface area contributed by atoms with E-state index in [1.165, 1.54) is 32.1 Å². The van der Waals surface area contributed by atoms with Gasteiger partial charge in [-0.05, 0) is 31.4 Å². The van der Waals surface area contributed by atoms with E-state index in [1.54, 1.807) is 19.2 Å². The summed E-state index contributed by atoms with van der Waals surface area (Å²) in [5.74, 6) is 0.778. The van der Waals surface area contributed by atoms with E-state index < -0.39 is 0 Å². The molecule has 0 amide bonds. The van der Waals surface area contributed by atoms with Crippen LogP contribution in [0.1, 0.15) is 37.7 Å². The quantitative estimate of drug-likeness (QED) is 0.642. The maximum absolute atomic E-state index is 11.1. The van der Waals surface area contributed by atoms with Gasteiger partial charge >= 0.3 is 0 Å². The standard InChI is InChI=1S/C16H25N3O2/c1-17-16-14(9-6-10-15(16)19(20)21)12-18(2)11-13-7-4-3-5-8-13/h6,9-10,13,17H,3-5,7-8,11-12H2,1-2H3. The first-order chi connectivity index (χ1) is 10.1. The molecule has 1 fully saturated rings. The van der Waals surface area contributed by atoms with Crippen LogP contribution < -0.4 is 5.32 Å². The van der Waals surface area contributed by atoms with Crippen LogP contribution in [0.4, 0.5) is 11.4 Å². The van der Waals surface area contributed by atoms with Gasteiger partial charge in [0.25, 0.3) is 5.69 Å². The van der Waals surface area contributed by atoms with Gasteiger partial charge in [0.05, 0.1) is 4.92 Å². The number of anilines is 1. The molecule has 0 radical (unpaired) electrons. The van der Waals surface area contributed by atoms with E-state index in [4.69, 9.17) is 0 Å². The second-order valence-corrected chi connectivity index (χ2v) is 6.02.